The Hall–Kier alpha value is -0.560. The van der Waals surface area contributed by atoms with E-state index in [9.17, 15) is 5.11 Å². The third-order valence-corrected chi connectivity index (χ3v) is 11.9. The third kappa shape index (κ3) is 3.34. The minimum atomic E-state index is -0.123. The van der Waals surface area contributed by atoms with E-state index in [2.05, 4.69) is 61.1 Å². The van der Waals surface area contributed by atoms with Gasteiger partial charge in [0.05, 0.1) is 6.10 Å². The van der Waals surface area contributed by atoms with Gasteiger partial charge < -0.3 is 5.11 Å². The molecule has 1 heteroatoms. The molecule has 0 aliphatic heterocycles. The van der Waals surface area contributed by atoms with Gasteiger partial charge in [-0.1, -0.05) is 58.4 Å². The molecular formula is C30H50O. The number of hydrogen-bond acceptors (Lipinski definition) is 1. The molecule has 0 unspecified atom stereocenters. The quantitative estimate of drug-likeness (QED) is 0.448. The van der Waals surface area contributed by atoms with Crippen molar-refractivity contribution in [1.29, 1.82) is 0 Å². The number of aliphatic hydroxyl groups is 1. The van der Waals surface area contributed by atoms with E-state index in [1.54, 1.807) is 0 Å². The van der Waals surface area contributed by atoms with Crippen LogP contribution in [0, 0.1) is 45.3 Å². The molecule has 4 aliphatic rings. The van der Waals surface area contributed by atoms with Gasteiger partial charge in [0.1, 0.15) is 0 Å². The molecule has 1 nitrogen and oxygen atoms in total. The molecule has 0 radical (unpaired) electrons. The first-order valence-corrected chi connectivity index (χ1v) is 13.4. The first-order valence-electron chi connectivity index (χ1n) is 13.4. The summed E-state index contributed by atoms with van der Waals surface area (Å²) in [6.07, 6.45) is 15.0. The van der Waals surface area contributed by atoms with Crippen LogP contribution in [0.15, 0.2) is 23.8 Å². The molecule has 0 heterocycles. The Morgan fingerprint density at radius 2 is 1.55 bits per heavy atom. The van der Waals surface area contributed by atoms with Gasteiger partial charge in [-0.15, -0.1) is 0 Å². The highest BCUT2D eigenvalue weighted by molar-refractivity contribution is 5.20. The molecule has 8 atom stereocenters. The second-order valence-corrected chi connectivity index (χ2v) is 13.7. The number of aliphatic hydroxyl groups excluding tert-OH is 1. The van der Waals surface area contributed by atoms with E-state index in [4.69, 9.17) is 0 Å². The van der Waals surface area contributed by atoms with E-state index in [0.717, 1.165) is 30.6 Å². The molecule has 31 heavy (non-hydrogen) atoms. The molecule has 176 valence electrons. The second kappa shape index (κ2) is 7.75. The van der Waals surface area contributed by atoms with Crippen LogP contribution in [0.5, 0.6) is 0 Å². The lowest BCUT2D eigenvalue weighted by Gasteiger charge is -2.69. The second-order valence-electron chi connectivity index (χ2n) is 13.7. The van der Waals surface area contributed by atoms with Crippen molar-refractivity contribution in [1.82, 2.24) is 0 Å². The third-order valence-electron chi connectivity index (χ3n) is 11.9. The first-order chi connectivity index (χ1) is 14.4. The topological polar surface area (TPSA) is 20.2 Å². The van der Waals surface area contributed by atoms with Gasteiger partial charge >= 0.3 is 0 Å². The normalized spacial score (nSPS) is 48.3. The lowest BCUT2D eigenvalue weighted by molar-refractivity contribution is -0.220. The van der Waals surface area contributed by atoms with Gasteiger partial charge in [-0.25, -0.2) is 0 Å². The van der Waals surface area contributed by atoms with Gasteiger partial charge in [-0.05, 0) is 123 Å². The molecule has 4 rings (SSSR count). The van der Waals surface area contributed by atoms with E-state index in [1.807, 2.05) is 0 Å². The van der Waals surface area contributed by atoms with Crippen molar-refractivity contribution in [3.8, 4) is 0 Å². The maximum atomic E-state index is 10.8. The summed E-state index contributed by atoms with van der Waals surface area (Å²) in [5.41, 5.74) is 4.31. The molecule has 0 aromatic rings. The number of allylic oxidation sites excluding steroid dienone is 3. The van der Waals surface area contributed by atoms with E-state index < -0.39 is 0 Å². The Kier molecular flexibility index (Phi) is 5.90. The Morgan fingerprint density at radius 3 is 2.23 bits per heavy atom. The fourth-order valence-corrected chi connectivity index (χ4v) is 9.95. The molecule has 0 spiro atoms. The van der Waals surface area contributed by atoms with Crippen LogP contribution < -0.4 is 0 Å². The largest absolute Gasteiger partial charge is 0.393 e. The van der Waals surface area contributed by atoms with Crippen molar-refractivity contribution >= 4 is 0 Å². The summed E-state index contributed by atoms with van der Waals surface area (Å²) in [7, 11) is 0. The fraction of sp³-hybridized carbons (Fsp3) is 0.867. The van der Waals surface area contributed by atoms with Gasteiger partial charge in [0.2, 0.25) is 0 Å². The molecule has 1 N–H and O–H groups in total. The van der Waals surface area contributed by atoms with Crippen LogP contribution >= 0.6 is 0 Å². The molecule has 0 bridgehead atoms. The summed E-state index contributed by atoms with van der Waals surface area (Å²) < 4.78 is 0. The standard InChI is InChI=1S/C30H50O/c1-20(2)10-9-11-21(3)22-14-18-29(7)23(22)12-13-25-28(6)17-16-26(31)27(4,5)24(28)15-19-30(25,29)8/h10,22-26,31H,3,9,11-19H2,1-2,4-8H3/t22-,23+,24-,25+,26-,28-,29+,30+/m0/s1. The summed E-state index contributed by atoms with van der Waals surface area (Å²) in [6, 6.07) is 0. The Bertz CT molecular complexity index is 742. The lowest BCUT2D eigenvalue weighted by Crippen LogP contribution is -2.63. The summed E-state index contributed by atoms with van der Waals surface area (Å²) in [4.78, 5) is 0. The molecule has 4 fully saturated rings. The Morgan fingerprint density at radius 1 is 0.871 bits per heavy atom. The monoisotopic (exact) mass is 426 g/mol. The number of hydrogen-bond donors (Lipinski definition) is 1. The lowest BCUT2D eigenvalue weighted by atomic mass is 9.35. The minimum Gasteiger partial charge on any atom is -0.393 e. The zero-order valence-electron chi connectivity index (χ0n) is 21.7. The SMILES string of the molecule is C=C(CCC=C(C)C)[C@@H]1CC[C@]2(C)[C@@H]1CC[C@@H]1[C@@]3(C)CC[C@H](O)C(C)(C)[C@@H]3CC[C@]12C. The predicted octanol–water partition coefficient (Wildman–Crippen LogP) is 8.34. The molecular weight excluding hydrogens is 376 g/mol. The van der Waals surface area contributed by atoms with Crippen LogP contribution in [0.2, 0.25) is 0 Å². The summed E-state index contributed by atoms with van der Waals surface area (Å²) in [5.74, 6) is 3.04. The maximum absolute atomic E-state index is 10.8. The molecule has 0 saturated heterocycles. The highest BCUT2D eigenvalue weighted by Crippen LogP contribution is 2.75. The summed E-state index contributed by atoms with van der Waals surface area (Å²) >= 11 is 0. The van der Waals surface area contributed by atoms with E-state index in [1.165, 1.54) is 62.5 Å². The minimum absolute atomic E-state index is 0.0590. The van der Waals surface area contributed by atoms with Crippen molar-refractivity contribution in [3.63, 3.8) is 0 Å². The molecule has 0 amide bonds. The van der Waals surface area contributed by atoms with Crippen LogP contribution in [0.1, 0.15) is 113 Å². The first kappa shape index (κ1) is 23.6. The molecule has 0 aromatic carbocycles. The van der Waals surface area contributed by atoms with Crippen molar-refractivity contribution in [2.45, 2.75) is 119 Å². The van der Waals surface area contributed by atoms with Gasteiger partial charge in [0.25, 0.3) is 0 Å². The van der Waals surface area contributed by atoms with Crippen LogP contribution in [0.4, 0.5) is 0 Å². The van der Waals surface area contributed by atoms with Crippen LogP contribution in [-0.4, -0.2) is 11.2 Å². The van der Waals surface area contributed by atoms with Crippen LogP contribution in [0.25, 0.3) is 0 Å². The zero-order valence-corrected chi connectivity index (χ0v) is 21.7. The average Bonchev–Trinajstić information content (AvgIpc) is 3.03. The number of fused-ring (bicyclic) bond motifs is 5. The fourth-order valence-electron chi connectivity index (χ4n) is 9.95. The molecule has 4 aliphatic carbocycles. The Balaban J connectivity index is 1.59. The van der Waals surface area contributed by atoms with E-state index >= 15 is 0 Å². The number of rotatable bonds is 4. The van der Waals surface area contributed by atoms with Crippen molar-refractivity contribution in [3.05, 3.63) is 23.8 Å². The zero-order chi connectivity index (χ0) is 22.8. The van der Waals surface area contributed by atoms with Crippen molar-refractivity contribution in [2.24, 2.45) is 45.3 Å². The predicted molar refractivity (Wildman–Crippen MR) is 133 cm³/mol. The van der Waals surface area contributed by atoms with Gasteiger partial charge in [0.15, 0.2) is 0 Å². The van der Waals surface area contributed by atoms with Gasteiger partial charge in [-0.3, -0.25) is 0 Å². The van der Waals surface area contributed by atoms with Gasteiger partial charge in [-0.2, -0.15) is 0 Å². The maximum Gasteiger partial charge on any atom is 0.0594 e. The smallest absolute Gasteiger partial charge is 0.0594 e. The summed E-state index contributed by atoms with van der Waals surface area (Å²) in [6.45, 7) is 21.8. The molecule has 4 saturated carbocycles. The highest BCUT2D eigenvalue weighted by atomic mass is 16.3. The van der Waals surface area contributed by atoms with Crippen LogP contribution in [-0.2, 0) is 0 Å². The molecule has 0 aromatic heterocycles. The van der Waals surface area contributed by atoms with Gasteiger partial charge in [0, 0.05) is 0 Å². The van der Waals surface area contributed by atoms with E-state index in [0.29, 0.717) is 22.2 Å². The van der Waals surface area contributed by atoms with Crippen molar-refractivity contribution in [2.75, 3.05) is 0 Å². The highest BCUT2D eigenvalue weighted by Gasteiger charge is 2.68. The van der Waals surface area contributed by atoms with E-state index in [-0.39, 0.29) is 11.5 Å². The average molecular weight is 427 g/mol. The van der Waals surface area contributed by atoms with Crippen molar-refractivity contribution < 1.29 is 5.11 Å². The Labute approximate surface area is 193 Å². The van der Waals surface area contributed by atoms with Crippen LogP contribution in [0.3, 0.4) is 0 Å². The summed E-state index contributed by atoms with van der Waals surface area (Å²) in [5, 5.41) is 10.8.